The van der Waals surface area contributed by atoms with Crippen molar-refractivity contribution in [3.63, 3.8) is 0 Å². The van der Waals surface area contributed by atoms with Gasteiger partial charge in [-0.15, -0.1) is 11.3 Å². The molecule has 2 aromatic heterocycles. The van der Waals surface area contributed by atoms with Crippen molar-refractivity contribution in [1.82, 2.24) is 9.97 Å². The molecular formula is C12H17N3OS. The molecule has 0 saturated heterocycles. The molecule has 0 atom stereocenters. The second-order valence-corrected chi connectivity index (χ2v) is 5.73. The van der Waals surface area contributed by atoms with Crippen molar-refractivity contribution in [2.75, 3.05) is 12.3 Å². The van der Waals surface area contributed by atoms with Gasteiger partial charge in [0.25, 0.3) is 0 Å². The van der Waals surface area contributed by atoms with Gasteiger partial charge in [0.1, 0.15) is 4.83 Å². The lowest BCUT2D eigenvalue weighted by Crippen LogP contribution is -2.04. The molecule has 4 nitrogen and oxygen atoms in total. The molecule has 0 aromatic carbocycles. The summed E-state index contributed by atoms with van der Waals surface area (Å²) in [6.07, 6.45) is 1.01. The number of aryl methyl sites for hydroxylation is 1. The third-order valence-corrected chi connectivity index (χ3v) is 3.38. The van der Waals surface area contributed by atoms with Gasteiger partial charge in [-0.3, -0.25) is 0 Å². The first kappa shape index (κ1) is 12.1. The first-order chi connectivity index (χ1) is 8.06. The van der Waals surface area contributed by atoms with Gasteiger partial charge < -0.3 is 10.5 Å². The van der Waals surface area contributed by atoms with Crippen LogP contribution < -0.4 is 10.5 Å². The van der Waals surface area contributed by atoms with E-state index in [-0.39, 0.29) is 5.95 Å². The minimum atomic E-state index is 0.277. The lowest BCUT2D eigenvalue weighted by Gasteiger charge is -2.08. The Morgan fingerprint density at radius 2 is 2.18 bits per heavy atom. The number of thiophene rings is 1. The third-order valence-electron chi connectivity index (χ3n) is 2.43. The fourth-order valence-corrected chi connectivity index (χ4v) is 2.41. The van der Waals surface area contributed by atoms with Gasteiger partial charge in [-0.1, -0.05) is 13.8 Å². The summed E-state index contributed by atoms with van der Waals surface area (Å²) < 4.78 is 5.70. The molecule has 2 heterocycles. The number of nitrogen functional groups attached to an aromatic ring is 1. The summed E-state index contributed by atoms with van der Waals surface area (Å²) in [4.78, 5) is 10.5. The predicted molar refractivity (Wildman–Crippen MR) is 71.5 cm³/mol. The maximum atomic E-state index is 5.70. The number of nitrogens with two attached hydrogens (primary N) is 1. The van der Waals surface area contributed by atoms with Gasteiger partial charge in [0.15, 0.2) is 0 Å². The second-order valence-electron chi connectivity index (χ2n) is 4.49. The highest BCUT2D eigenvalue weighted by Gasteiger charge is 2.10. The molecule has 0 aliphatic carbocycles. The summed E-state index contributed by atoms with van der Waals surface area (Å²) in [6, 6.07) is 2.05. The summed E-state index contributed by atoms with van der Waals surface area (Å²) in [5.74, 6) is 1.50. The van der Waals surface area contributed by atoms with Crippen molar-refractivity contribution in [3.05, 3.63) is 10.9 Å². The Labute approximate surface area is 105 Å². The van der Waals surface area contributed by atoms with Crippen LogP contribution in [0.1, 0.15) is 25.1 Å². The van der Waals surface area contributed by atoms with Gasteiger partial charge in [0, 0.05) is 4.88 Å². The van der Waals surface area contributed by atoms with E-state index in [1.54, 1.807) is 11.3 Å². The molecule has 0 fully saturated rings. The van der Waals surface area contributed by atoms with Crippen LogP contribution in [0.4, 0.5) is 5.95 Å². The van der Waals surface area contributed by atoms with Crippen molar-refractivity contribution >= 4 is 27.5 Å². The molecule has 92 valence electrons. The number of ether oxygens (including phenoxy) is 1. The molecule has 5 heteroatoms. The van der Waals surface area contributed by atoms with E-state index < -0.39 is 0 Å². The first-order valence-corrected chi connectivity index (χ1v) is 6.54. The van der Waals surface area contributed by atoms with Crippen molar-refractivity contribution in [1.29, 1.82) is 0 Å². The summed E-state index contributed by atoms with van der Waals surface area (Å²) in [7, 11) is 0. The maximum absolute atomic E-state index is 5.70. The number of rotatable bonds is 4. The highest BCUT2D eigenvalue weighted by molar-refractivity contribution is 7.18. The van der Waals surface area contributed by atoms with Gasteiger partial charge in [-0.05, 0) is 25.3 Å². The van der Waals surface area contributed by atoms with Crippen LogP contribution in [0.3, 0.4) is 0 Å². The van der Waals surface area contributed by atoms with Crippen LogP contribution >= 0.6 is 11.3 Å². The molecule has 0 radical (unpaired) electrons. The Morgan fingerprint density at radius 3 is 2.88 bits per heavy atom. The Hall–Kier alpha value is -1.36. The standard InChI is InChI=1S/C12H17N3OS/c1-7(2)4-5-16-10-9-6-8(3)17-11(9)15-12(13)14-10/h6-7H,4-5H2,1-3H3,(H2,13,14,15). The first-order valence-electron chi connectivity index (χ1n) is 5.72. The Balaban J connectivity index is 2.25. The average Bonchev–Trinajstić information content (AvgIpc) is 2.57. The quantitative estimate of drug-likeness (QED) is 0.907. The van der Waals surface area contributed by atoms with E-state index in [0.717, 1.165) is 16.6 Å². The molecular weight excluding hydrogens is 234 g/mol. The number of fused-ring (bicyclic) bond motifs is 1. The van der Waals surface area contributed by atoms with Gasteiger partial charge in [-0.25, -0.2) is 4.98 Å². The summed E-state index contributed by atoms with van der Waals surface area (Å²) >= 11 is 1.61. The van der Waals surface area contributed by atoms with Crippen molar-refractivity contribution in [3.8, 4) is 5.88 Å². The van der Waals surface area contributed by atoms with Crippen LogP contribution in [0.15, 0.2) is 6.07 Å². The minimum absolute atomic E-state index is 0.277. The Kier molecular flexibility index (Phi) is 3.47. The zero-order valence-corrected chi connectivity index (χ0v) is 11.2. The van der Waals surface area contributed by atoms with Crippen LogP contribution in [-0.4, -0.2) is 16.6 Å². The number of nitrogens with zero attached hydrogens (tertiary/aromatic N) is 2. The number of aromatic nitrogens is 2. The Morgan fingerprint density at radius 1 is 1.41 bits per heavy atom. The zero-order chi connectivity index (χ0) is 12.4. The molecule has 2 N–H and O–H groups in total. The van der Waals surface area contributed by atoms with E-state index in [1.165, 1.54) is 4.88 Å². The fraction of sp³-hybridized carbons (Fsp3) is 0.500. The van der Waals surface area contributed by atoms with Crippen molar-refractivity contribution < 1.29 is 4.74 Å². The summed E-state index contributed by atoms with van der Waals surface area (Å²) in [6.45, 7) is 7.04. The predicted octanol–water partition coefficient (Wildman–Crippen LogP) is 3.01. The van der Waals surface area contributed by atoms with Crippen molar-refractivity contribution in [2.45, 2.75) is 27.2 Å². The van der Waals surface area contributed by atoms with E-state index in [0.29, 0.717) is 18.4 Å². The van der Waals surface area contributed by atoms with E-state index in [9.17, 15) is 0 Å². The molecule has 0 bridgehead atoms. The summed E-state index contributed by atoms with van der Waals surface area (Å²) in [5, 5.41) is 0.963. The number of hydrogen-bond acceptors (Lipinski definition) is 5. The van der Waals surface area contributed by atoms with Gasteiger partial charge in [-0.2, -0.15) is 4.98 Å². The second kappa shape index (κ2) is 4.87. The lowest BCUT2D eigenvalue weighted by molar-refractivity contribution is 0.283. The van der Waals surface area contributed by atoms with E-state index in [4.69, 9.17) is 10.5 Å². The highest BCUT2D eigenvalue weighted by Crippen LogP contribution is 2.30. The van der Waals surface area contributed by atoms with Gasteiger partial charge in [0.2, 0.25) is 11.8 Å². The molecule has 0 unspecified atom stereocenters. The van der Waals surface area contributed by atoms with E-state index >= 15 is 0 Å². The smallest absolute Gasteiger partial charge is 0.227 e. The minimum Gasteiger partial charge on any atom is -0.477 e. The van der Waals surface area contributed by atoms with Gasteiger partial charge >= 0.3 is 0 Å². The van der Waals surface area contributed by atoms with Gasteiger partial charge in [0.05, 0.1) is 12.0 Å². The monoisotopic (exact) mass is 251 g/mol. The molecule has 2 aromatic rings. The van der Waals surface area contributed by atoms with E-state index in [1.807, 2.05) is 13.0 Å². The molecule has 0 aliphatic heterocycles. The van der Waals surface area contributed by atoms with Crippen LogP contribution in [0, 0.1) is 12.8 Å². The summed E-state index contributed by atoms with van der Waals surface area (Å²) in [5.41, 5.74) is 5.67. The lowest BCUT2D eigenvalue weighted by atomic mass is 10.1. The highest BCUT2D eigenvalue weighted by atomic mass is 32.1. The van der Waals surface area contributed by atoms with Crippen LogP contribution in [0.5, 0.6) is 5.88 Å². The van der Waals surface area contributed by atoms with Crippen LogP contribution in [0.2, 0.25) is 0 Å². The molecule has 17 heavy (non-hydrogen) atoms. The number of anilines is 1. The maximum Gasteiger partial charge on any atom is 0.227 e. The molecule has 0 saturated carbocycles. The molecule has 2 rings (SSSR count). The molecule has 0 amide bonds. The largest absolute Gasteiger partial charge is 0.477 e. The molecule has 0 spiro atoms. The average molecular weight is 251 g/mol. The normalized spacial score (nSPS) is 11.3. The molecule has 0 aliphatic rings. The fourth-order valence-electron chi connectivity index (χ4n) is 1.53. The number of hydrogen-bond donors (Lipinski definition) is 1. The topological polar surface area (TPSA) is 61.0 Å². The zero-order valence-electron chi connectivity index (χ0n) is 10.4. The Bertz CT molecular complexity index is 522. The van der Waals surface area contributed by atoms with Crippen LogP contribution in [-0.2, 0) is 0 Å². The van der Waals surface area contributed by atoms with Crippen molar-refractivity contribution in [2.24, 2.45) is 5.92 Å². The van der Waals surface area contributed by atoms with E-state index in [2.05, 4.69) is 23.8 Å². The van der Waals surface area contributed by atoms with Crippen LogP contribution in [0.25, 0.3) is 10.2 Å². The third kappa shape index (κ3) is 2.85. The SMILES string of the molecule is Cc1cc2c(OCCC(C)C)nc(N)nc2s1.